The number of hydrogen-bond donors (Lipinski definition) is 0. The molecule has 0 N–H and O–H groups in total. The van der Waals surface area contributed by atoms with Crippen molar-refractivity contribution in [3.05, 3.63) is 12.8 Å². The fraction of sp³-hybridized carbons (Fsp3) is 0.667. The van der Waals surface area contributed by atoms with E-state index in [-0.39, 0.29) is 32.7 Å². The second-order valence-electron chi connectivity index (χ2n) is 1.50. The third-order valence-corrected chi connectivity index (χ3v) is 0. The van der Waals surface area contributed by atoms with E-state index in [1.54, 1.807) is 6.92 Å². The Morgan fingerprint density at radius 1 is 1.00 bits per heavy atom. The maximum Gasteiger partial charge on any atom is 0 e. The molecule has 0 spiro atoms. The first-order chi connectivity index (χ1) is 2.73. The fourth-order valence-corrected chi connectivity index (χ4v) is 0. The van der Waals surface area contributed by atoms with Crippen molar-refractivity contribution in [2.24, 2.45) is 0 Å². The molecule has 0 fully saturated rings. The zero-order valence-corrected chi connectivity index (χ0v) is 8.62. The molecule has 0 nitrogen and oxygen atoms in total. The van der Waals surface area contributed by atoms with E-state index in [1.165, 1.54) is 5.92 Å². The maximum atomic E-state index is 3.25. The van der Waals surface area contributed by atoms with Crippen molar-refractivity contribution in [1.29, 1.82) is 0 Å². The molecule has 7 heavy (non-hydrogen) atoms. The summed E-state index contributed by atoms with van der Waals surface area (Å²) in [5.41, 5.74) is 0. The van der Waals surface area contributed by atoms with Crippen LogP contribution in [0, 0.1) is 12.8 Å². The SMILES string of the molecule is C[C-](C)C.[CH2-]C.[Y]. The van der Waals surface area contributed by atoms with Gasteiger partial charge in [-0.05, 0) is 0 Å². The molecule has 0 aliphatic carbocycles. The van der Waals surface area contributed by atoms with Crippen LogP contribution in [0.5, 0.6) is 0 Å². The quantitative estimate of drug-likeness (QED) is 0.496. The average molecular weight is 175 g/mol. The van der Waals surface area contributed by atoms with E-state index in [2.05, 4.69) is 27.7 Å². The first kappa shape index (κ1) is 15.7. The normalized spacial score (nSPS) is 6.00. The van der Waals surface area contributed by atoms with Gasteiger partial charge in [-0.25, -0.2) is 0 Å². The molecule has 0 atom stereocenters. The summed E-state index contributed by atoms with van der Waals surface area (Å²) in [4.78, 5) is 0. The van der Waals surface area contributed by atoms with E-state index in [9.17, 15) is 0 Å². The van der Waals surface area contributed by atoms with Gasteiger partial charge >= 0.3 is 0 Å². The number of hydrogen-bond acceptors (Lipinski definition) is 0. The molecule has 0 unspecified atom stereocenters. The summed E-state index contributed by atoms with van der Waals surface area (Å²) in [5, 5.41) is 0. The standard InChI is InChI=1S/C4H9.C2H5.Y/c1-4(2)3;1-2;/h1-3H3;1H2,2H3;/q2*-1;. The van der Waals surface area contributed by atoms with Crippen LogP contribution in [0.1, 0.15) is 27.7 Å². The summed E-state index contributed by atoms with van der Waals surface area (Å²) in [6, 6.07) is 0. The Morgan fingerprint density at radius 2 is 1.00 bits per heavy atom. The van der Waals surface area contributed by atoms with Gasteiger partial charge in [0.05, 0.1) is 0 Å². The molecule has 0 heterocycles. The fourth-order valence-electron chi connectivity index (χ4n) is 0. The van der Waals surface area contributed by atoms with Crippen molar-refractivity contribution in [2.75, 3.05) is 0 Å². The minimum atomic E-state index is 0. The van der Waals surface area contributed by atoms with Gasteiger partial charge in [-0.2, -0.15) is 27.7 Å². The van der Waals surface area contributed by atoms with Crippen LogP contribution in [0.2, 0.25) is 0 Å². The largest absolute Gasteiger partial charge is 0.346 e. The van der Waals surface area contributed by atoms with Gasteiger partial charge in [0.25, 0.3) is 0 Å². The van der Waals surface area contributed by atoms with Crippen LogP contribution >= 0.6 is 0 Å². The Bertz CT molecular complexity index is 8.90. The van der Waals surface area contributed by atoms with Gasteiger partial charge < -0.3 is 12.8 Å². The Morgan fingerprint density at radius 3 is 1.00 bits per heavy atom. The molecule has 0 aliphatic heterocycles. The van der Waals surface area contributed by atoms with Crippen molar-refractivity contribution in [3.8, 4) is 0 Å². The van der Waals surface area contributed by atoms with Crippen molar-refractivity contribution >= 4 is 0 Å². The Hall–Kier alpha value is 1.10. The third kappa shape index (κ3) is 152. The van der Waals surface area contributed by atoms with Crippen LogP contribution in [0.3, 0.4) is 0 Å². The van der Waals surface area contributed by atoms with Crippen LogP contribution in [-0.2, 0) is 32.7 Å². The van der Waals surface area contributed by atoms with Gasteiger partial charge in [-0.3, -0.25) is 0 Å². The van der Waals surface area contributed by atoms with Gasteiger partial charge in [-0.1, -0.05) is 0 Å². The van der Waals surface area contributed by atoms with Crippen molar-refractivity contribution in [1.82, 2.24) is 0 Å². The molecule has 0 saturated carbocycles. The molecule has 1 radical (unpaired) electrons. The van der Waals surface area contributed by atoms with Crippen molar-refractivity contribution in [2.45, 2.75) is 27.7 Å². The summed E-state index contributed by atoms with van der Waals surface area (Å²) in [6.45, 7) is 11.2. The second-order valence-corrected chi connectivity index (χ2v) is 1.50. The van der Waals surface area contributed by atoms with Gasteiger partial charge in [0.2, 0.25) is 0 Å². The van der Waals surface area contributed by atoms with Gasteiger partial charge in [0.1, 0.15) is 0 Å². The zero-order chi connectivity index (χ0) is 5.58. The zero-order valence-electron chi connectivity index (χ0n) is 5.78. The predicted octanol–water partition coefficient (Wildman–Crippen LogP) is 2.46. The first-order valence-corrected chi connectivity index (χ1v) is 2.21. The van der Waals surface area contributed by atoms with E-state index in [0.717, 1.165) is 0 Å². The van der Waals surface area contributed by atoms with Crippen LogP contribution < -0.4 is 0 Å². The van der Waals surface area contributed by atoms with Crippen molar-refractivity contribution in [3.63, 3.8) is 0 Å². The van der Waals surface area contributed by atoms with Gasteiger partial charge in [0.15, 0.2) is 0 Å². The average Bonchev–Trinajstić information content (AvgIpc) is 1.41. The molecule has 0 bridgehead atoms. The smallest absolute Gasteiger partial charge is 0 e. The molecular formula is C6H14Y-2. The number of rotatable bonds is 0. The molecule has 0 saturated heterocycles. The molecular weight excluding hydrogens is 161 g/mol. The first-order valence-electron chi connectivity index (χ1n) is 2.21. The minimum Gasteiger partial charge on any atom is -0.346 e. The summed E-state index contributed by atoms with van der Waals surface area (Å²) in [6.07, 6.45) is 0. The van der Waals surface area contributed by atoms with E-state index >= 15 is 0 Å². The summed E-state index contributed by atoms with van der Waals surface area (Å²) < 4.78 is 0. The third-order valence-electron chi connectivity index (χ3n) is 0. The second kappa shape index (κ2) is 15.7. The van der Waals surface area contributed by atoms with Crippen LogP contribution in [0.25, 0.3) is 0 Å². The van der Waals surface area contributed by atoms with Gasteiger partial charge in [-0.15, -0.1) is 0 Å². The molecule has 43 valence electrons. The van der Waals surface area contributed by atoms with E-state index in [4.69, 9.17) is 0 Å². The van der Waals surface area contributed by atoms with E-state index < -0.39 is 0 Å². The topological polar surface area (TPSA) is 0 Å². The molecule has 0 amide bonds. The summed E-state index contributed by atoms with van der Waals surface area (Å²) in [7, 11) is 0. The maximum absolute atomic E-state index is 3.25. The van der Waals surface area contributed by atoms with E-state index in [1.807, 2.05) is 0 Å². The molecule has 0 aromatic carbocycles. The van der Waals surface area contributed by atoms with Crippen molar-refractivity contribution < 1.29 is 32.7 Å². The Kier molecular flexibility index (Phi) is 35.2. The summed E-state index contributed by atoms with van der Waals surface area (Å²) in [5.74, 6) is 1.42. The molecule has 0 aromatic rings. The van der Waals surface area contributed by atoms with Gasteiger partial charge in [0, 0.05) is 32.7 Å². The predicted molar refractivity (Wildman–Crippen MR) is 31.3 cm³/mol. The monoisotopic (exact) mass is 175 g/mol. The molecule has 0 aromatic heterocycles. The van der Waals surface area contributed by atoms with Crippen LogP contribution in [-0.4, -0.2) is 0 Å². The Balaban J connectivity index is -0.0000000480. The molecule has 0 aliphatic rings. The minimum absolute atomic E-state index is 0. The van der Waals surface area contributed by atoms with E-state index in [0.29, 0.717) is 0 Å². The van der Waals surface area contributed by atoms with Crippen LogP contribution in [0.4, 0.5) is 0 Å². The molecule has 1 heteroatoms. The summed E-state index contributed by atoms with van der Waals surface area (Å²) >= 11 is 0. The molecule has 0 rings (SSSR count). The van der Waals surface area contributed by atoms with Crippen LogP contribution in [0.15, 0.2) is 0 Å². The Labute approximate surface area is 73.0 Å².